The van der Waals surface area contributed by atoms with Crippen molar-refractivity contribution in [3.63, 3.8) is 0 Å². The van der Waals surface area contributed by atoms with Crippen molar-refractivity contribution in [3.8, 4) is 34.1 Å². The number of nitrogen functional groups attached to an aromatic ring is 2. The van der Waals surface area contributed by atoms with Gasteiger partial charge in [0.15, 0.2) is 11.6 Å². The van der Waals surface area contributed by atoms with Gasteiger partial charge in [-0.15, -0.1) is 0 Å². The summed E-state index contributed by atoms with van der Waals surface area (Å²) >= 11 is 0. The van der Waals surface area contributed by atoms with E-state index in [-0.39, 0.29) is 11.6 Å². The molecular formula is C40H32N2O4. The summed E-state index contributed by atoms with van der Waals surface area (Å²) in [6, 6.07) is 39.5. The first-order chi connectivity index (χ1) is 22.2. The molecule has 0 spiro atoms. The van der Waals surface area contributed by atoms with Crippen LogP contribution in [0.3, 0.4) is 0 Å². The zero-order valence-electron chi connectivity index (χ0n) is 25.5. The van der Waals surface area contributed by atoms with Crippen molar-refractivity contribution in [1.82, 2.24) is 0 Å². The van der Waals surface area contributed by atoms with Gasteiger partial charge in [0.05, 0.1) is 0 Å². The fraction of sp³-hybridized carbons (Fsp3) is 0.0500. The Morgan fingerprint density at radius 2 is 0.826 bits per heavy atom. The molecule has 0 aliphatic rings. The van der Waals surface area contributed by atoms with Crippen molar-refractivity contribution >= 4 is 22.9 Å². The van der Waals surface area contributed by atoms with E-state index in [0.717, 1.165) is 11.1 Å². The maximum absolute atomic E-state index is 14.1. The quantitative estimate of drug-likeness (QED) is 0.126. The number of nitrogens with two attached hydrogens (primary N) is 2. The van der Waals surface area contributed by atoms with E-state index in [9.17, 15) is 9.59 Å². The van der Waals surface area contributed by atoms with Crippen LogP contribution >= 0.6 is 0 Å². The van der Waals surface area contributed by atoms with Gasteiger partial charge in [-0.1, -0.05) is 71.8 Å². The lowest BCUT2D eigenvalue weighted by Crippen LogP contribution is -2.08. The third kappa shape index (κ3) is 6.66. The van der Waals surface area contributed by atoms with Gasteiger partial charge in [-0.3, -0.25) is 9.59 Å². The van der Waals surface area contributed by atoms with Crippen molar-refractivity contribution < 1.29 is 19.1 Å². The summed E-state index contributed by atoms with van der Waals surface area (Å²) in [7, 11) is 0. The molecule has 0 saturated heterocycles. The first-order valence-electron chi connectivity index (χ1n) is 14.8. The summed E-state index contributed by atoms with van der Waals surface area (Å²) in [6.07, 6.45) is 0. The molecule has 6 aromatic rings. The average molecular weight is 605 g/mol. The molecule has 6 aromatic carbocycles. The molecule has 0 aliphatic carbocycles. The van der Waals surface area contributed by atoms with E-state index >= 15 is 0 Å². The second-order valence-electron chi connectivity index (χ2n) is 11.2. The van der Waals surface area contributed by atoms with E-state index in [0.29, 0.717) is 67.8 Å². The Morgan fingerprint density at radius 1 is 0.457 bits per heavy atom. The lowest BCUT2D eigenvalue weighted by atomic mass is 9.88. The van der Waals surface area contributed by atoms with E-state index in [1.165, 1.54) is 0 Å². The number of benzene rings is 6. The van der Waals surface area contributed by atoms with Gasteiger partial charge in [0, 0.05) is 45.8 Å². The highest BCUT2D eigenvalue weighted by molar-refractivity contribution is 6.17. The molecule has 6 nitrogen and oxygen atoms in total. The van der Waals surface area contributed by atoms with Crippen LogP contribution in [0.15, 0.2) is 133 Å². The van der Waals surface area contributed by atoms with Gasteiger partial charge in [-0.2, -0.15) is 0 Å². The van der Waals surface area contributed by atoms with Gasteiger partial charge in [-0.25, -0.2) is 0 Å². The zero-order chi connectivity index (χ0) is 32.2. The predicted molar refractivity (Wildman–Crippen MR) is 183 cm³/mol. The van der Waals surface area contributed by atoms with Crippen LogP contribution in [-0.2, 0) is 0 Å². The van der Waals surface area contributed by atoms with Crippen molar-refractivity contribution in [2.45, 2.75) is 13.8 Å². The molecule has 0 saturated carbocycles. The van der Waals surface area contributed by atoms with Crippen LogP contribution in [0.1, 0.15) is 43.0 Å². The molecule has 6 rings (SSSR count). The van der Waals surface area contributed by atoms with E-state index in [4.69, 9.17) is 20.9 Å². The molecule has 0 bridgehead atoms. The highest BCUT2D eigenvalue weighted by Gasteiger charge is 2.22. The Morgan fingerprint density at radius 3 is 1.20 bits per heavy atom. The molecule has 0 atom stereocenters. The molecule has 0 fully saturated rings. The molecule has 0 aromatic heterocycles. The van der Waals surface area contributed by atoms with Crippen LogP contribution in [0.4, 0.5) is 11.4 Å². The minimum absolute atomic E-state index is 0.207. The molecule has 0 heterocycles. The van der Waals surface area contributed by atoms with Gasteiger partial charge in [0.25, 0.3) is 0 Å². The first-order valence-corrected chi connectivity index (χ1v) is 14.8. The maximum Gasteiger partial charge on any atom is 0.193 e. The summed E-state index contributed by atoms with van der Waals surface area (Å²) in [5, 5.41) is 0. The number of aryl methyl sites for hydroxylation is 2. The summed E-state index contributed by atoms with van der Waals surface area (Å²) < 4.78 is 12.2. The topological polar surface area (TPSA) is 105 Å². The highest BCUT2D eigenvalue weighted by atomic mass is 16.5. The minimum Gasteiger partial charge on any atom is -0.457 e. The van der Waals surface area contributed by atoms with Crippen LogP contribution in [-0.4, -0.2) is 11.6 Å². The van der Waals surface area contributed by atoms with Gasteiger partial charge < -0.3 is 20.9 Å². The average Bonchev–Trinajstić information content (AvgIpc) is 3.05. The Labute approximate surface area is 267 Å². The van der Waals surface area contributed by atoms with E-state index in [1.807, 2.05) is 50.2 Å². The molecule has 0 radical (unpaired) electrons. The van der Waals surface area contributed by atoms with Crippen molar-refractivity contribution in [2.24, 2.45) is 0 Å². The lowest BCUT2D eigenvalue weighted by Gasteiger charge is -2.17. The second kappa shape index (κ2) is 12.8. The maximum atomic E-state index is 14.1. The number of ether oxygens (including phenoxy) is 2. The van der Waals surface area contributed by atoms with Crippen molar-refractivity contribution in [2.75, 3.05) is 11.5 Å². The third-order valence-corrected chi connectivity index (χ3v) is 7.58. The molecule has 0 amide bonds. The molecule has 226 valence electrons. The van der Waals surface area contributed by atoms with Crippen molar-refractivity contribution in [1.29, 1.82) is 0 Å². The minimum atomic E-state index is -0.207. The number of ketones is 2. The molecule has 0 unspecified atom stereocenters. The number of hydrogen-bond donors (Lipinski definition) is 2. The van der Waals surface area contributed by atoms with Crippen LogP contribution in [0.25, 0.3) is 11.1 Å². The Hall–Kier alpha value is -6.14. The zero-order valence-corrected chi connectivity index (χ0v) is 25.5. The number of carbonyl (C=O) groups excluding carboxylic acids is 2. The van der Waals surface area contributed by atoms with E-state index in [1.54, 1.807) is 97.1 Å². The van der Waals surface area contributed by atoms with Crippen LogP contribution < -0.4 is 20.9 Å². The third-order valence-electron chi connectivity index (χ3n) is 7.58. The lowest BCUT2D eigenvalue weighted by molar-refractivity contribution is 0.102. The van der Waals surface area contributed by atoms with Crippen LogP contribution in [0.2, 0.25) is 0 Å². The van der Waals surface area contributed by atoms with E-state index < -0.39 is 0 Å². The summed E-state index contributed by atoms with van der Waals surface area (Å²) in [5.74, 6) is 1.58. The summed E-state index contributed by atoms with van der Waals surface area (Å²) in [4.78, 5) is 28.3. The van der Waals surface area contributed by atoms with Crippen LogP contribution in [0, 0.1) is 13.8 Å². The monoisotopic (exact) mass is 604 g/mol. The number of hydrogen-bond acceptors (Lipinski definition) is 6. The van der Waals surface area contributed by atoms with Crippen molar-refractivity contribution in [3.05, 3.63) is 167 Å². The number of carbonyl (C=O) groups is 2. The molecular weight excluding hydrogens is 572 g/mol. The summed E-state index contributed by atoms with van der Waals surface area (Å²) in [5.41, 5.74) is 18.1. The second-order valence-corrected chi connectivity index (χ2v) is 11.2. The smallest absolute Gasteiger partial charge is 0.193 e. The van der Waals surface area contributed by atoms with E-state index in [2.05, 4.69) is 0 Å². The highest BCUT2D eigenvalue weighted by Crippen LogP contribution is 2.37. The van der Waals surface area contributed by atoms with Gasteiger partial charge in [-0.05, 0) is 85.6 Å². The molecule has 46 heavy (non-hydrogen) atoms. The normalized spacial score (nSPS) is 10.7. The Balaban J connectivity index is 1.50. The fourth-order valence-electron chi connectivity index (χ4n) is 5.17. The molecule has 4 N–H and O–H groups in total. The molecule has 6 heteroatoms. The Bertz CT molecular complexity index is 1920. The SMILES string of the molecule is Cc1ccc(C(=O)c2cc(Oc3cccc(N)c3)ccc2-c2ccc(Oc3cccc(N)c3)cc2C(=O)c2ccc(C)cc2)cc1. The van der Waals surface area contributed by atoms with Gasteiger partial charge >= 0.3 is 0 Å². The van der Waals surface area contributed by atoms with Gasteiger partial charge in [0.1, 0.15) is 23.0 Å². The summed E-state index contributed by atoms with van der Waals surface area (Å²) in [6.45, 7) is 3.94. The number of rotatable bonds is 9. The van der Waals surface area contributed by atoms with Gasteiger partial charge in [0.2, 0.25) is 0 Å². The first kappa shape index (κ1) is 29.9. The Kier molecular flexibility index (Phi) is 8.35. The predicted octanol–water partition coefficient (Wildman–Crippen LogP) is 9.18. The molecule has 0 aliphatic heterocycles. The largest absolute Gasteiger partial charge is 0.457 e. The number of anilines is 2. The fourth-order valence-corrected chi connectivity index (χ4v) is 5.17. The van der Waals surface area contributed by atoms with Crippen LogP contribution in [0.5, 0.6) is 23.0 Å². The standard InChI is InChI=1S/C40H32N2O4/c1-25-9-13-27(14-10-25)39(43)37-23-33(45-31-7-3-5-29(41)21-31)17-19-35(37)36-20-18-34(46-32-8-4-6-30(42)22-32)24-38(36)40(44)28-15-11-26(2)12-16-28/h3-24H,41-42H2,1-2H3.